The molecule has 64 valence electrons. The summed E-state index contributed by atoms with van der Waals surface area (Å²) in [6.07, 6.45) is 1.53. The molecule has 0 aliphatic carbocycles. The van der Waals surface area contributed by atoms with Gasteiger partial charge >= 0.3 is 0 Å². The fourth-order valence-corrected chi connectivity index (χ4v) is 1.30. The quantitative estimate of drug-likeness (QED) is 0.540. The number of hydrogen-bond donors (Lipinski definition) is 0. The smallest absolute Gasteiger partial charge is 0.236 e. The highest BCUT2D eigenvalue weighted by molar-refractivity contribution is 5.79. The van der Waals surface area contributed by atoms with E-state index in [0.29, 0.717) is 13.1 Å². The van der Waals surface area contributed by atoms with Crippen LogP contribution in [0.25, 0.3) is 0 Å². The fourth-order valence-electron chi connectivity index (χ4n) is 1.30. The lowest BCUT2D eigenvalue weighted by Crippen LogP contribution is -2.28. The van der Waals surface area contributed by atoms with Crippen molar-refractivity contribution in [3.8, 4) is 6.07 Å². The molecule has 1 saturated heterocycles. The molecule has 1 amide bonds. The first kappa shape index (κ1) is 8.72. The Morgan fingerprint density at radius 2 is 2.50 bits per heavy atom. The van der Waals surface area contributed by atoms with Crippen LogP contribution in [-0.4, -0.2) is 30.2 Å². The Balaban J connectivity index is 2.42. The summed E-state index contributed by atoms with van der Waals surface area (Å²) < 4.78 is 0. The summed E-state index contributed by atoms with van der Waals surface area (Å²) in [5, 5.41) is 8.25. The first-order valence-electron chi connectivity index (χ1n) is 3.88. The molecule has 0 bridgehead atoms. The van der Waals surface area contributed by atoms with Crippen LogP contribution in [0.2, 0.25) is 0 Å². The van der Waals surface area contributed by atoms with Crippen molar-refractivity contribution in [1.82, 2.24) is 4.90 Å². The minimum atomic E-state index is -0.165. The largest absolute Gasteiger partial charge is 0.341 e. The van der Waals surface area contributed by atoms with Crippen LogP contribution in [0.4, 0.5) is 0 Å². The van der Waals surface area contributed by atoms with Crippen LogP contribution in [0.1, 0.15) is 12.8 Å². The van der Waals surface area contributed by atoms with Crippen molar-refractivity contribution in [1.29, 1.82) is 5.26 Å². The Hall–Kier alpha value is -1.37. The van der Waals surface area contributed by atoms with E-state index in [9.17, 15) is 9.59 Å². The van der Waals surface area contributed by atoms with Gasteiger partial charge in [-0.3, -0.25) is 4.79 Å². The molecule has 12 heavy (non-hydrogen) atoms. The zero-order chi connectivity index (χ0) is 8.97. The van der Waals surface area contributed by atoms with E-state index in [0.717, 1.165) is 12.7 Å². The third-order valence-electron chi connectivity index (χ3n) is 2.00. The first-order chi connectivity index (χ1) is 5.77. The Morgan fingerprint density at radius 1 is 1.75 bits per heavy atom. The van der Waals surface area contributed by atoms with E-state index in [1.165, 1.54) is 0 Å². The van der Waals surface area contributed by atoms with Gasteiger partial charge in [0.2, 0.25) is 5.91 Å². The summed E-state index contributed by atoms with van der Waals surface area (Å²) in [6.45, 7) is 1.11. The highest BCUT2D eigenvalue weighted by Crippen LogP contribution is 2.14. The molecular formula is C8H10N2O2. The maximum atomic E-state index is 11.1. The van der Waals surface area contributed by atoms with Crippen molar-refractivity contribution in [3.05, 3.63) is 0 Å². The predicted molar refractivity (Wildman–Crippen MR) is 41.0 cm³/mol. The second kappa shape index (κ2) is 3.86. The maximum absolute atomic E-state index is 11.1. The zero-order valence-electron chi connectivity index (χ0n) is 6.69. The lowest BCUT2D eigenvalue weighted by atomic mass is 10.1. The van der Waals surface area contributed by atoms with Crippen molar-refractivity contribution in [2.45, 2.75) is 12.8 Å². The average Bonchev–Trinajstić information content (AvgIpc) is 2.52. The van der Waals surface area contributed by atoms with Gasteiger partial charge in [-0.05, 0) is 6.42 Å². The van der Waals surface area contributed by atoms with E-state index in [-0.39, 0.29) is 18.2 Å². The van der Waals surface area contributed by atoms with Crippen LogP contribution < -0.4 is 0 Å². The number of hydrogen-bond acceptors (Lipinski definition) is 3. The van der Waals surface area contributed by atoms with Gasteiger partial charge in [-0.2, -0.15) is 5.26 Å². The van der Waals surface area contributed by atoms with Crippen LogP contribution in [0, 0.1) is 17.2 Å². The lowest BCUT2D eigenvalue weighted by Gasteiger charge is -2.12. The predicted octanol–water partition coefficient (Wildman–Crippen LogP) is -0.0525. The van der Waals surface area contributed by atoms with Crippen LogP contribution in [0.3, 0.4) is 0 Å². The van der Waals surface area contributed by atoms with Gasteiger partial charge in [0.05, 0.1) is 6.07 Å². The van der Waals surface area contributed by atoms with E-state index in [1.807, 2.05) is 0 Å². The third kappa shape index (κ3) is 1.82. The number of aldehydes is 1. The molecule has 0 saturated carbocycles. The highest BCUT2D eigenvalue weighted by atomic mass is 16.2. The molecule has 0 radical (unpaired) electrons. The minimum absolute atomic E-state index is 0.0207. The summed E-state index contributed by atoms with van der Waals surface area (Å²) in [5.41, 5.74) is 0. The Labute approximate surface area is 70.8 Å². The molecule has 1 unspecified atom stereocenters. The summed E-state index contributed by atoms with van der Waals surface area (Å²) in [6, 6.07) is 1.80. The number of nitrogens with zero attached hydrogens (tertiary/aromatic N) is 2. The second-order valence-corrected chi connectivity index (χ2v) is 2.86. The zero-order valence-corrected chi connectivity index (χ0v) is 6.69. The lowest BCUT2D eigenvalue weighted by molar-refractivity contribution is -0.129. The van der Waals surface area contributed by atoms with Crippen LogP contribution in [0.5, 0.6) is 0 Å². The maximum Gasteiger partial charge on any atom is 0.236 e. The van der Waals surface area contributed by atoms with Crippen LogP contribution in [0.15, 0.2) is 0 Å². The monoisotopic (exact) mass is 166 g/mol. The van der Waals surface area contributed by atoms with Crippen molar-refractivity contribution >= 4 is 12.2 Å². The molecule has 1 heterocycles. The van der Waals surface area contributed by atoms with Crippen molar-refractivity contribution in [2.24, 2.45) is 5.92 Å². The first-order valence-corrected chi connectivity index (χ1v) is 3.88. The van der Waals surface area contributed by atoms with Gasteiger partial charge in [-0.25, -0.2) is 0 Å². The molecule has 1 atom stereocenters. The molecule has 0 spiro atoms. The van der Waals surface area contributed by atoms with Gasteiger partial charge < -0.3 is 9.69 Å². The summed E-state index contributed by atoms with van der Waals surface area (Å²) >= 11 is 0. The molecule has 0 aromatic rings. The van der Waals surface area contributed by atoms with Gasteiger partial charge in [-0.15, -0.1) is 0 Å². The van der Waals surface area contributed by atoms with Crippen LogP contribution in [-0.2, 0) is 9.59 Å². The van der Waals surface area contributed by atoms with E-state index >= 15 is 0 Å². The van der Waals surface area contributed by atoms with Gasteiger partial charge in [0.15, 0.2) is 0 Å². The van der Waals surface area contributed by atoms with Crippen molar-refractivity contribution in [3.63, 3.8) is 0 Å². The van der Waals surface area contributed by atoms with Crippen molar-refractivity contribution < 1.29 is 9.59 Å². The van der Waals surface area contributed by atoms with Gasteiger partial charge in [0, 0.05) is 19.0 Å². The molecular weight excluding hydrogens is 156 g/mol. The Kier molecular flexibility index (Phi) is 2.81. The van der Waals surface area contributed by atoms with Gasteiger partial charge in [-0.1, -0.05) is 0 Å². The number of carbonyl (C=O) groups excluding carboxylic acids is 2. The number of amides is 1. The molecule has 4 nitrogen and oxygen atoms in total. The van der Waals surface area contributed by atoms with Crippen LogP contribution >= 0.6 is 0 Å². The number of likely N-dealkylation sites (tertiary alicyclic amines) is 1. The van der Waals surface area contributed by atoms with E-state index in [2.05, 4.69) is 0 Å². The Morgan fingerprint density at radius 3 is 3.00 bits per heavy atom. The molecule has 1 rings (SSSR count). The number of carbonyl (C=O) groups is 2. The molecule has 0 aromatic carbocycles. The van der Waals surface area contributed by atoms with E-state index in [4.69, 9.17) is 5.26 Å². The van der Waals surface area contributed by atoms with E-state index in [1.54, 1.807) is 11.0 Å². The third-order valence-corrected chi connectivity index (χ3v) is 2.00. The number of rotatable bonds is 2. The average molecular weight is 166 g/mol. The topological polar surface area (TPSA) is 61.2 Å². The standard InChI is InChI=1S/C8H10N2O2/c9-3-1-8(12)10-4-2-7(5-10)6-11/h6-7H,1-2,4-5H2. The van der Waals surface area contributed by atoms with Crippen molar-refractivity contribution in [2.75, 3.05) is 13.1 Å². The summed E-state index contributed by atoms with van der Waals surface area (Å²) in [5.74, 6) is -0.186. The molecule has 1 fully saturated rings. The molecule has 1 aliphatic heterocycles. The number of nitriles is 1. The van der Waals surface area contributed by atoms with Gasteiger partial charge in [0.25, 0.3) is 0 Å². The highest BCUT2D eigenvalue weighted by Gasteiger charge is 2.24. The molecule has 1 aliphatic rings. The van der Waals surface area contributed by atoms with E-state index < -0.39 is 0 Å². The molecule has 0 aromatic heterocycles. The summed E-state index contributed by atoms with van der Waals surface area (Å²) in [4.78, 5) is 23.0. The van der Waals surface area contributed by atoms with Gasteiger partial charge in [0.1, 0.15) is 12.7 Å². The SMILES string of the molecule is N#CCC(=O)N1CCC(C=O)C1. The molecule has 4 heteroatoms. The second-order valence-electron chi connectivity index (χ2n) is 2.86. The fraction of sp³-hybridized carbons (Fsp3) is 0.625. The normalized spacial score (nSPS) is 21.9. The molecule has 0 N–H and O–H groups in total. The summed E-state index contributed by atoms with van der Waals surface area (Å²) in [7, 11) is 0. The Bertz CT molecular complexity index is 232. The minimum Gasteiger partial charge on any atom is -0.341 e.